The highest BCUT2D eigenvalue weighted by Gasteiger charge is 2.51. The van der Waals surface area contributed by atoms with Gasteiger partial charge >= 0.3 is 6.18 Å². The number of rotatable bonds is 7. The van der Waals surface area contributed by atoms with Crippen LogP contribution in [0.4, 0.5) is 17.6 Å². The van der Waals surface area contributed by atoms with E-state index >= 15 is 4.39 Å². The summed E-state index contributed by atoms with van der Waals surface area (Å²) < 4.78 is 63.6. The van der Waals surface area contributed by atoms with Crippen LogP contribution in [0.15, 0.2) is 36.4 Å². The number of benzene rings is 2. The van der Waals surface area contributed by atoms with Gasteiger partial charge < -0.3 is 9.64 Å². The van der Waals surface area contributed by atoms with Gasteiger partial charge in [0.2, 0.25) is 0 Å². The van der Waals surface area contributed by atoms with E-state index in [1.54, 1.807) is 0 Å². The van der Waals surface area contributed by atoms with Crippen LogP contribution in [-0.2, 0) is 23.1 Å². The Morgan fingerprint density at radius 1 is 1.23 bits per heavy atom. The van der Waals surface area contributed by atoms with Crippen LogP contribution in [0.25, 0.3) is 10.9 Å². The van der Waals surface area contributed by atoms with Gasteiger partial charge in [0.1, 0.15) is 27.7 Å². The van der Waals surface area contributed by atoms with Crippen molar-refractivity contribution in [2.24, 2.45) is 11.8 Å². The van der Waals surface area contributed by atoms with Gasteiger partial charge in [-0.15, -0.1) is 0 Å². The zero-order valence-electron chi connectivity index (χ0n) is 20.1. The largest absolute Gasteiger partial charge is 0.433 e. The number of halogens is 5. The molecular weight excluding hydrogens is 482 g/mol. The van der Waals surface area contributed by atoms with Gasteiger partial charge in [-0.05, 0) is 49.9 Å². The summed E-state index contributed by atoms with van der Waals surface area (Å²) in [6.07, 6.45) is -2.30. The Labute approximate surface area is 207 Å². The van der Waals surface area contributed by atoms with Crippen molar-refractivity contribution >= 4 is 22.5 Å². The predicted molar refractivity (Wildman–Crippen MR) is 129 cm³/mol. The highest BCUT2D eigenvalue weighted by Crippen LogP contribution is 2.53. The molecule has 190 valence electrons. The van der Waals surface area contributed by atoms with E-state index < -0.39 is 28.3 Å². The average Bonchev–Trinajstić information content (AvgIpc) is 3.25. The van der Waals surface area contributed by atoms with Gasteiger partial charge in [0, 0.05) is 31.0 Å². The molecule has 35 heavy (non-hydrogen) atoms. The zero-order valence-corrected chi connectivity index (χ0v) is 20.8. The quantitative estimate of drug-likeness (QED) is 0.342. The molecule has 0 saturated heterocycles. The molecule has 3 aromatic rings. The molecule has 3 unspecified atom stereocenters. The minimum atomic E-state index is -4.71. The van der Waals surface area contributed by atoms with Crippen molar-refractivity contribution in [2.75, 3.05) is 20.2 Å². The molecule has 1 aliphatic rings. The highest BCUT2D eigenvalue weighted by atomic mass is 35.5. The molecule has 1 saturated carbocycles. The van der Waals surface area contributed by atoms with E-state index in [1.807, 2.05) is 51.2 Å². The fourth-order valence-electron chi connectivity index (χ4n) is 5.78. The molecule has 0 radical (unpaired) electrons. The van der Waals surface area contributed by atoms with E-state index in [1.165, 1.54) is 0 Å². The lowest BCUT2D eigenvalue weighted by Crippen LogP contribution is -2.50. The molecule has 1 heterocycles. The third-order valence-electron chi connectivity index (χ3n) is 7.17. The van der Waals surface area contributed by atoms with Crippen LogP contribution in [0, 0.1) is 17.7 Å². The van der Waals surface area contributed by atoms with Crippen LogP contribution in [0.5, 0.6) is 0 Å². The van der Waals surface area contributed by atoms with Gasteiger partial charge in [0.25, 0.3) is 0 Å². The van der Waals surface area contributed by atoms with Crippen molar-refractivity contribution in [2.45, 2.75) is 51.4 Å². The number of fused-ring (bicyclic) bond motifs is 1. The first kappa shape index (κ1) is 25.9. The van der Waals surface area contributed by atoms with Gasteiger partial charge in [-0.3, -0.25) is 5.10 Å². The Morgan fingerprint density at radius 3 is 2.60 bits per heavy atom. The molecule has 0 bridgehead atoms. The molecule has 0 amide bonds. The number of ether oxygens (including phenoxy) is 1. The number of aromatic amines is 1. The van der Waals surface area contributed by atoms with Crippen molar-refractivity contribution in [1.82, 2.24) is 15.1 Å². The van der Waals surface area contributed by atoms with Crippen molar-refractivity contribution < 1.29 is 22.3 Å². The Balaban J connectivity index is 1.87. The maximum atomic E-state index is 15.1. The molecule has 0 aliphatic heterocycles. The topological polar surface area (TPSA) is 41.1 Å². The van der Waals surface area contributed by atoms with E-state index in [0.29, 0.717) is 13.1 Å². The minimum Gasteiger partial charge on any atom is -0.370 e. The van der Waals surface area contributed by atoms with Gasteiger partial charge in [-0.1, -0.05) is 55.3 Å². The molecule has 3 atom stereocenters. The summed E-state index contributed by atoms with van der Waals surface area (Å²) in [5.74, 6) is -1.12. The standard InChI is InChI=1S/C26H30ClF4N3O/c1-4-35-25(19-13-20(28)22(27)23-21(19)24(33-32-23)26(29,30)31)16(2)9-8-12-18(25)15-34(3)14-17-10-6-5-7-11-17/h5-7,10-11,13,16,18H,4,8-9,12,14-15H2,1-3H3,(H,32,33). The Hall–Kier alpha value is -2.16. The molecular formula is C26H30ClF4N3O. The molecule has 9 heteroatoms. The average molecular weight is 512 g/mol. The van der Waals surface area contributed by atoms with E-state index in [0.717, 1.165) is 30.9 Å². The summed E-state index contributed by atoms with van der Waals surface area (Å²) in [5.41, 5.74) is -1.08. The van der Waals surface area contributed by atoms with E-state index in [9.17, 15) is 13.2 Å². The molecule has 1 aromatic heterocycles. The number of nitrogens with one attached hydrogen (secondary N) is 1. The van der Waals surface area contributed by atoms with Crippen molar-refractivity contribution in [1.29, 1.82) is 0 Å². The van der Waals surface area contributed by atoms with Crippen LogP contribution in [0.3, 0.4) is 0 Å². The normalized spacial score (nSPS) is 23.3. The smallest absolute Gasteiger partial charge is 0.370 e. The molecule has 0 spiro atoms. The SMILES string of the molecule is CCOC1(c2cc(F)c(Cl)c3n[nH]c(C(F)(F)F)c23)C(C)CCCC1CN(C)Cc1ccccc1. The minimum absolute atomic E-state index is 0.147. The summed E-state index contributed by atoms with van der Waals surface area (Å²) in [4.78, 5) is 2.15. The highest BCUT2D eigenvalue weighted by molar-refractivity contribution is 6.35. The second-order valence-corrected chi connectivity index (χ2v) is 9.86. The maximum absolute atomic E-state index is 15.1. The van der Waals surface area contributed by atoms with Gasteiger partial charge in [0.15, 0.2) is 0 Å². The Kier molecular flexibility index (Phi) is 7.46. The van der Waals surface area contributed by atoms with Crippen LogP contribution in [-0.4, -0.2) is 35.3 Å². The molecule has 1 fully saturated rings. The van der Waals surface area contributed by atoms with E-state index in [-0.39, 0.29) is 34.9 Å². The first-order valence-electron chi connectivity index (χ1n) is 11.9. The molecule has 1 aliphatic carbocycles. The first-order chi connectivity index (χ1) is 16.6. The lowest BCUT2D eigenvalue weighted by molar-refractivity contribution is -0.150. The van der Waals surface area contributed by atoms with Gasteiger partial charge in [-0.2, -0.15) is 18.3 Å². The van der Waals surface area contributed by atoms with Crippen LogP contribution in [0.1, 0.15) is 49.9 Å². The molecule has 4 rings (SSSR count). The fraction of sp³-hybridized carbons (Fsp3) is 0.500. The lowest BCUT2D eigenvalue weighted by Gasteiger charge is -2.50. The Morgan fingerprint density at radius 2 is 1.94 bits per heavy atom. The van der Waals surface area contributed by atoms with Crippen LogP contribution >= 0.6 is 11.6 Å². The number of nitrogens with zero attached hydrogens (tertiary/aromatic N) is 2. The first-order valence-corrected chi connectivity index (χ1v) is 12.3. The lowest BCUT2D eigenvalue weighted by atomic mass is 9.64. The summed E-state index contributed by atoms with van der Waals surface area (Å²) >= 11 is 6.10. The maximum Gasteiger partial charge on any atom is 0.433 e. The summed E-state index contributed by atoms with van der Waals surface area (Å²) in [5, 5.41) is 5.21. The number of hydrogen-bond acceptors (Lipinski definition) is 3. The monoisotopic (exact) mass is 511 g/mol. The molecule has 4 nitrogen and oxygen atoms in total. The third-order valence-corrected chi connectivity index (χ3v) is 7.53. The fourth-order valence-corrected chi connectivity index (χ4v) is 5.97. The van der Waals surface area contributed by atoms with Gasteiger partial charge in [-0.25, -0.2) is 4.39 Å². The molecule has 2 aromatic carbocycles. The van der Waals surface area contributed by atoms with E-state index in [4.69, 9.17) is 16.3 Å². The van der Waals surface area contributed by atoms with Gasteiger partial charge in [0.05, 0.1) is 0 Å². The second kappa shape index (κ2) is 10.1. The Bertz CT molecular complexity index is 1170. The van der Waals surface area contributed by atoms with Crippen LogP contribution < -0.4 is 0 Å². The molecule has 1 N–H and O–H groups in total. The summed E-state index contributed by atoms with van der Waals surface area (Å²) in [6.45, 7) is 5.32. The van der Waals surface area contributed by atoms with Crippen molar-refractivity contribution in [3.63, 3.8) is 0 Å². The summed E-state index contributed by atoms with van der Waals surface area (Å²) in [6, 6.07) is 11.1. The van der Waals surface area contributed by atoms with Crippen molar-refractivity contribution in [3.05, 3.63) is 64.1 Å². The summed E-state index contributed by atoms with van der Waals surface area (Å²) in [7, 11) is 1.99. The zero-order chi connectivity index (χ0) is 25.4. The van der Waals surface area contributed by atoms with E-state index in [2.05, 4.69) is 15.1 Å². The number of H-pyrrole nitrogens is 1. The second-order valence-electron chi connectivity index (χ2n) is 9.48. The van der Waals surface area contributed by atoms with Crippen molar-refractivity contribution in [3.8, 4) is 0 Å². The third kappa shape index (κ3) is 4.80. The predicted octanol–water partition coefficient (Wildman–Crippen LogP) is 7.17. The number of aromatic nitrogens is 2. The number of hydrogen-bond donors (Lipinski definition) is 1. The number of alkyl halides is 3. The van der Waals surface area contributed by atoms with Crippen LogP contribution in [0.2, 0.25) is 5.02 Å².